The standard InChI is InChI=1S/C19H22ClN3O2/c1-5-23(4)14-7-9-16(13(3)11-14)21-18(24)19(25)22-17-10-12(2)6-8-15(17)20/h6-11H,5H2,1-4H3,(H,21,24)(H,22,25). The van der Waals surface area contributed by atoms with E-state index >= 15 is 0 Å². The lowest BCUT2D eigenvalue weighted by Gasteiger charge is -2.18. The van der Waals surface area contributed by atoms with E-state index in [0.717, 1.165) is 23.4 Å². The molecular weight excluding hydrogens is 338 g/mol. The molecule has 2 aromatic carbocycles. The zero-order valence-corrected chi connectivity index (χ0v) is 15.6. The van der Waals surface area contributed by atoms with Crippen molar-refractivity contribution in [1.82, 2.24) is 0 Å². The van der Waals surface area contributed by atoms with Crippen molar-refractivity contribution in [3.63, 3.8) is 0 Å². The van der Waals surface area contributed by atoms with E-state index in [-0.39, 0.29) is 0 Å². The molecule has 2 aromatic rings. The highest BCUT2D eigenvalue weighted by Crippen LogP contribution is 2.24. The van der Waals surface area contributed by atoms with Gasteiger partial charge < -0.3 is 15.5 Å². The quantitative estimate of drug-likeness (QED) is 0.811. The number of aryl methyl sites for hydroxylation is 2. The molecule has 0 aliphatic heterocycles. The second-order valence-corrected chi connectivity index (χ2v) is 6.31. The van der Waals surface area contributed by atoms with E-state index in [4.69, 9.17) is 11.6 Å². The van der Waals surface area contributed by atoms with Crippen molar-refractivity contribution in [1.29, 1.82) is 0 Å². The fourth-order valence-electron chi connectivity index (χ4n) is 2.30. The summed E-state index contributed by atoms with van der Waals surface area (Å²) in [4.78, 5) is 26.4. The first-order valence-corrected chi connectivity index (χ1v) is 8.40. The fraction of sp³-hybridized carbons (Fsp3) is 0.263. The zero-order valence-electron chi connectivity index (χ0n) is 14.8. The van der Waals surface area contributed by atoms with Crippen molar-refractivity contribution >= 4 is 40.5 Å². The number of hydrogen-bond donors (Lipinski definition) is 2. The lowest BCUT2D eigenvalue weighted by Crippen LogP contribution is -2.29. The molecule has 2 N–H and O–H groups in total. The van der Waals surface area contributed by atoms with Crippen LogP contribution in [0.2, 0.25) is 5.02 Å². The molecule has 6 heteroatoms. The van der Waals surface area contributed by atoms with Crippen LogP contribution >= 0.6 is 11.6 Å². The van der Waals surface area contributed by atoms with Gasteiger partial charge in [0.1, 0.15) is 0 Å². The minimum atomic E-state index is -0.762. The number of nitrogens with one attached hydrogen (secondary N) is 2. The summed E-state index contributed by atoms with van der Waals surface area (Å²) in [6.45, 7) is 6.71. The topological polar surface area (TPSA) is 61.4 Å². The van der Waals surface area contributed by atoms with Crippen molar-refractivity contribution in [2.45, 2.75) is 20.8 Å². The summed E-state index contributed by atoms with van der Waals surface area (Å²) in [5.74, 6) is -1.50. The van der Waals surface area contributed by atoms with E-state index in [1.54, 1.807) is 18.2 Å². The van der Waals surface area contributed by atoms with Gasteiger partial charge in [-0.25, -0.2) is 0 Å². The molecule has 0 unspecified atom stereocenters. The smallest absolute Gasteiger partial charge is 0.314 e. The molecule has 0 aromatic heterocycles. The third-order valence-corrected chi connectivity index (χ3v) is 4.28. The first-order chi connectivity index (χ1) is 11.8. The number of nitrogens with zero attached hydrogens (tertiary/aromatic N) is 1. The number of carbonyl (C=O) groups excluding carboxylic acids is 2. The van der Waals surface area contributed by atoms with E-state index in [1.165, 1.54) is 0 Å². The first-order valence-electron chi connectivity index (χ1n) is 8.02. The maximum absolute atomic E-state index is 12.2. The average Bonchev–Trinajstić information content (AvgIpc) is 2.58. The van der Waals surface area contributed by atoms with Crippen LogP contribution in [0.4, 0.5) is 17.1 Å². The predicted octanol–water partition coefficient (Wildman–Crippen LogP) is 3.99. The van der Waals surface area contributed by atoms with Gasteiger partial charge in [0.25, 0.3) is 0 Å². The molecule has 0 bridgehead atoms. The Morgan fingerprint density at radius 2 is 1.64 bits per heavy atom. The highest BCUT2D eigenvalue weighted by atomic mass is 35.5. The summed E-state index contributed by atoms with van der Waals surface area (Å²) in [5, 5.41) is 5.56. The third kappa shape index (κ3) is 4.73. The molecule has 0 aliphatic carbocycles. The van der Waals surface area contributed by atoms with Gasteiger partial charge in [-0.2, -0.15) is 0 Å². The van der Waals surface area contributed by atoms with Crippen LogP contribution in [-0.4, -0.2) is 25.4 Å². The Balaban J connectivity index is 2.08. The number of hydrogen-bond acceptors (Lipinski definition) is 3. The fourth-order valence-corrected chi connectivity index (χ4v) is 2.47. The Hall–Kier alpha value is -2.53. The van der Waals surface area contributed by atoms with Gasteiger partial charge >= 0.3 is 11.8 Å². The van der Waals surface area contributed by atoms with E-state index in [0.29, 0.717) is 16.4 Å². The van der Waals surface area contributed by atoms with Crippen LogP contribution in [0.25, 0.3) is 0 Å². The second kappa shape index (κ2) is 8.03. The normalized spacial score (nSPS) is 10.3. The van der Waals surface area contributed by atoms with Crippen LogP contribution in [0.5, 0.6) is 0 Å². The molecule has 2 amide bonds. The van der Waals surface area contributed by atoms with Crippen molar-refractivity contribution in [3.05, 3.63) is 52.5 Å². The van der Waals surface area contributed by atoms with Crippen LogP contribution in [-0.2, 0) is 9.59 Å². The number of anilines is 3. The van der Waals surface area contributed by atoms with E-state index in [1.807, 2.05) is 39.1 Å². The van der Waals surface area contributed by atoms with Crippen molar-refractivity contribution in [3.8, 4) is 0 Å². The molecule has 25 heavy (non-hydrogen) atoms. The predicted molar refractivity (Wildman–Crippen MR) is 104 cm³/mol. The number of halogens is 1. The SMILES string of the molecule is CCN(C)c1ccc(NC(=O)C(=O)Nc2cc(C)ccc2Cl)c(C)c1. The summed E-state index contributed by atoms with van der Waals surface area (Å²) in [7, 11) is 1.99. The molecule has 0 radical (unpaired) electrons. The molecule has 5 nitrogen and oxygen atoms in total. The van der Waals surface area contributed by atoms with Crippen molar-refractivity contribution in [2.24, 2.45) is 0 Å². The molecule has 2 rings (SSSR count). The molecule has 0 fully saturated rings. The monoisotopic (exact) mass is 359 g/mol. The lowest BCUT2D eigenvalue weighted by molar-refractivity contribution is -0.133. The van der Waals surface area contributed by atoms with E-state index in [9.17, 15) is 9.59 Å². The van der Waals surface area contributed by atoms with Crippen molar-refractivity contribution < 1.29 is 9.59 Å². The Morgan fingerprint density at radius 1 is 1.00 bits per heavy atom. The molecule has 132 valence electrons. The van der Waals surface area contributed by atoms with Gasteiger partial charge in [0.15, 0.2) is 0 Å². The summed E-state index contributed by atoms with van der Waals surface area (Å²) in [6.07, 6.45) is 0. The Morgan fingerprint density at radius 3 is 2.24 bits per heavy atom. The summed E-state index contributed by atoms with van der Waals surface area (Å²) >= 11 is 6.04. The molecule has 0 saturated carbocycles. The van der Waals surface area contributed by atoms with E-state index in [2.05, 4.69) is 22.5 Å². The number of amides is 2. The Labute approximate surface area is 153 Å². The maximum Gasteiger partial charge on any atom is 0.314 e. The van der Waals surface area contributed by atoms with Gasteiger partial charge in [0, 0.05) is 25.0 Å². The Bertz CT molecular complexity index is 805. The van der Waals surface area contributed by atoms with Crippen LogP contribution in [0, 0.1) is 13.8 Å². The van der Waals surface area contributed by atoms with Crippen LogP contribution < -0.4 is 15.5 Å². The molecular formula is C19H22ClN3O2. The van der Waals surface area contributed by atoms with Gasteiger partial charge in [0.2, 0.25) is 0 Å². The summed E-state index contributed by atoms with van der Waals surface area (Å²) < 4.78 is 0. The lowest BCUT2D eigenvalue weighted by atomic mass is 10.1. The van der Waals surface area contributed by atoms with Crippen LogP contribution in [0.15, 0.2) is 36.4 Å². The number of rotatable bonds is 4. The van der Waals surface area contributed by atoms with Gasteiger partial charge in [-0.3, -0.25) is 9.59 Å². The number of carbonyl (C=O) groups is 2. The van der Waals surface area contributed by atoms with E-state index < -0.39 is 11.8 Å². The minimum absolute atomic E-state index is 0.384. The van der Waals surface area contributed by atoms with Gasteiger partial charge in [0.05, 0.1) is 10.7 Å². The summed E-state index contributed by atoms with van der Waals surface area (Å²) in [6, 6.07) is 10.9. The molecule has 0 heterocycles. The van der Waals surface area contributed by atoms with Crippen LogP contribution in [0.3, 0.4) is 0 Å². The average molecular weight is 360 g/mol. The number of benzene rings is 2. The first kappa shape index (κ1) is 18.8. The molecule has 0 atom stereocenters. The van der Waals surface area contributed by atoms with Crippen molar-refractivity contribution in [2.75, 3.05) is 29.1 Å². The molecule has 0 saturated heterocycles. The van der Waals surface area contributed by atoms with Crippen LogP contribution in [0.1, 0.15) is 18.1 Å². The van der Waals surface area contributed by atoms with Gasteiger partial charge in [-0.15, -0.1) is 0 Å². The molecule has 0 aliphatic rings. The Kier molecular flexibility index (Phi) is 6.04. The largest absolute Gasteiger partial charge is 0.375 e. The molecule has 0 spiro atoms. The van der Waals surface area contributed by atoms with Gasteiger partial charge in [-0.05, 0) is 62.2 Å². The highest BCUT2D eigenvalue weighted by molar-refractivity contribution is 6.44. The summed E-state index contributed by atoms with van der Waals surface area (Å²) in [5.41, 5.74) is 3.88. The maximum atomic E-state index is 12.2. The second-order valence-electron chi connectivity index (χ2n) is 5.90. The minimum Gasteiger partial charge on any atom is -0.375 e. The zero-order chi connectivity index (χ0) is 18.6. The van der Waals surface area contributed by atoms with Gasteiger partial charge in [-0.1, -0.05) is 17.7 Å². The highest BCUT2D eigenvalue weighted by Gasteiger charge is 2.16. The third-order valence-electron chi connectivity index (χ3n) is 3.95.